The maximum absolute atomic E-state index is 12.7. The Morgan fingerprint density at radius 2 is 1.79 bits per heavy atom. The number of hydrogen-bond acceptors (Lipinski definition) is 4. The SMILES string of the molecule is Cn1ccnc1[C@H](NC(=O)CCN1C(=O)[C@H]2CCCC[C@H]2C1=O)c1ccccc1. The Labute approximate surface area is 170 Å². The van der Waals surface area contributed by atoms with Gasteiger partial charge >= 0.3 is 0 Å². The van der Waals surface area contributed by atoms with E-state index in [-0.39, 0.29) is 42.5 Å². The molecular formula is C22H26N4O3. The molecule has 3 atom stereocenters. The molecule has 2 aliphatic rings. The molecule has 1 aromatic carbocycles. The second-order valence-electron chi connectivity index (χ2n) is 7.88. The Morgan fingerprint density at radius 1 is 1.14 bits per heavy atom. The Kier molecular flexibility index (Phi) is 5.47. The molecule has 4 rings (SSSR count). The summed E-state index contributed by atoms with van der Waals surface area (Å²) in [5.74, 6) is -0.0402. The van der Waals surface area contributed by atoms with Crippen LogP contribution in [0, 0.1) is 11.8 Å². The quantitative estimate of drug-likeness (QED) is 0.761. The van der Waals surface area contributed by atoms with Crippen LogP contribution in [0.1, 0.15) is 49.5 Å². The van der Waals surface area contributed by atoms with Crippen LogP contribution in [0.3, 0.4) is 0 Å². The number of nitrogens with one attached hydrogen (secondary N) is 1. The van der Waals surface area contributed by atoms with Crippen molar-refractivity contribution in [2.45, 2.75) is 38.1 Å². The third kappa shape index (κ3) is 3.81. The molecule has 29 heavy (non-hydrogen) atoms. The van der Waals surface area contributed by atoms with Gasteiger partial charge in [0.25, 0.3) is 0 Å². The lowest BCUT2D eigenvalue weighted by atomic mass is 9.81. The van der Waals surface area contributed by atoms with Crippen molar-refractivity contribution in [1.82, 2.24) is 19.8 Å². The predicted molar refractivity (Wildman–Crippen MR) is 106 cm³/mol. The van der Waals surface area contributed by atoms with Crippen molar-refractivity contribution >= 4 is 17.7 Å². The Morgan fingerprint density at radius 3 is 2.38 bits per heavy atom. The van der Waals surface area contributed by atoms with E-state index in [0.717, 1.165) is 37.1 Å². The van der Waals surface area contributed by atoms with Crippen molar-refractivity contribution in [1.29, 1.82) is 0 Å². The number of benzene rings is 1. The van der Waals surface area contributed by atoms with Crippen molar-refractivity contribution in [2.24, 2.45) is 18.9 Å². The van der Waals surface area contributed by atoms with Gasteiger partial charge < -0.3 is 9.88 Å². The molecule has 1 aliphatic carbocycles. The molecule has 7 heteroatoms. The number of fused-ring (bicyclic) bond motifs is 1. The monoisotopic (exact) mass is 394 g/mol. The number of carbonyl (C=O) groups is 3. The van der Waals surface area contributed by atoms with Crippen molar-refractivity contribution in [2.75, 3.05) is 6.54 Å². The zero-order valence-corrected chi connectivity index (χ0v) is 16.6. The maximum Gasteiger partial charge on any atom is 0.233 e. The van der Waals surface area contributed by atoms with Gasteiger partial charge in [-0.15, -0.1) is 0 Å². The molecule has 1 N–H and O–H groups in total. The third-order valence-corrected chi connectivity index (χ3v) is 6.05. The lowest BCUT2D eigenvalue weighted by molar-refractivity contribution is -0.140. The number of imide groups is 1. The smallest absolute Gasteiger partial charge is 0.233 e. The fourth-order valence-electron chi connectivity index (χ4n) is 4.50. The van der Waals surface area contributed by atoms with Gasteiger partial charge in [0.1, 0.15) is 11.9 Å². The van der Waals surface area contributed by atoms with Crippen molar-refractivity contribution in [3.8, 4) is 0 Å². The van der Waals surface area contributed by atoms with Crippen molar-refractivity contribution in [3.63, 3.8) is 0 Å². The number of aryl methyl sites for hydroxylation is 1. The number of hydrogen-bond donors (Lipinski definition) is 1. The van der Waals surface area contributed by atoms with Gasteiger partial charge in [-0.25, -0.2) is 4.98 Å². The number of likely N-dealkylation sites (tertiary alicyclic amines) is 1. The van der Waals surface area contributed by atoms with Crippen LogP contribution < -0.4 is 5.32 Å². The first-order valence-electron chi connectivity index (χ1n) is 10.2. The number of amides is 3. The van der Waals surface area contributed by atoms with E-state index < -0.39 is 6.04 Å². The molecule has 2 heterocycles. The standard InChI is InChI=1S/C22H26N4O3/c1-25-14-12-23-20(25)19(15-7-3-2-4-8-15)24-18(27)11-13-26-21(28)16-9-5-6-10-17(16)22(26)29/h2-4,7-8,12,14,16-17,19H,5-6,9-11,13H2,1H3,(H,24,27)/t16-,17+,19-/m1/s1. The van der Waals surface area contributed by atoms with Crippen LogP contribution in [-0.4, -0.2) is 38.7 Å². The normalized spacial score (nSPS) is 22.4. The van der Waals surface area contributed by atoms with Crippen molar-refractivity contribution < 1.29 is 14.4 Å². The van der Waals surface area contributed by atoms with Crippen LogP contribution in [0.15, 0.2) is 42.7 Å². The van der Waals surface area contributed by atoms with Gasteiger partial charge in [0.2, 0.25) is 17.7 Å². The second kappa shape index (κ2) is 8.19. The fraction of sp³-hybridized carbons (Fsp3) is 0.455. The minimum atomic E-state index is -0.392. The molecule has 1 saturated heterocycles. The highest BCUT2D eigenvalue weighted by Crippen LogP contribution is 2.38. The second-order valence-corrected chi connectivity index (χ2v) is 7.88. The summed E-state index contributed by atoms with van der Waals surface area (Å²) >= 11 is 0. The Bertz CT molecular complexity index is 884. The van der Waals surface area contributed by atoms with Gasteiger partial charge in [-0.2, -0.15) is 0 Å². The van der Waals surface area contributed by atoms with E-state index >= 15 is 0 Å². The first kappa shape index (κ1) is 19.4. The van der Waals surface area contributed by atoms with E-state index in [0.29, 0.717) is 0 Å². The van der Waals surface area contributed by atoms with Gasteiger partial charge in [0.05, 0.1) is 11.8 Å². The molecule has 1 saturated carbocycles. The molecule has 7 nitrogen and oxygen atoms in total. The van der Waals surface area contributed by atoms with E-state index in [1.165, 1.54) is 4.90 Å². The van der Waals surface area contributed by atoms with Gasteiger partial charge in [-0.1, -0.05) is 43.2 Å². The highest BCUT2D eigenvalue weighted by atomic mass is 16.2. The predicted octanol–water partition coefficient (Wildman–Crippen LogP) is 2.19. The molecule has 1 aromatic heterocycles. The van der Waals surface area contributed by atoms with Crippen LogP contribution >= 0.6 is 0 Å². The van der Waals surface area contributed by atoms with Crippen LogP contribution in [-0.2, 0) is 21.4 Å². The minimum Gasteiger partial charge on any atom is -0.342 e. The van der Waals surface area contributed by atoms with Gasteiger partial charge in [-0.05, 0) is 18.4 Å². The average molecular weight is 394 g/mol. The summed E-state index contributed by atoms with van der Waals surface area (Å²) in [6, 6.07) is 9.25. The topological polar surface area (TPSA) is 84.3 Å². The van der Waals surface area contributed by atoms with E-state index in [9.17, 15) is 14.4 Å². The molecular weight excluding hydrogens is 368 g/mol. The van der Waals surface area contributed by atoms with Crippen molar-refractivity contribution in [3.05, 3.63) is 54.1 Å². The summed E-state index contributed by atoms with van der Waals surface area (Å²) in [6.07, 6.45) is 7.18. The molecule has 2 fully saturated rings. The van der Waals surface area contributed by atoms with Crippen LogP contribution in [0.4, 0.5) is 0 Å². The lowest BCUT2D eigenvalue weighted by Gasteiger charge is -2.20. The Hall–Kier alpha value is -2.96. The van der Waals surface area contributed by atoms with Gasteiger partial charge in [0.15, 0.2) is 0 Å². The number of nitrogens with zero attached hydrogens (tertiary/aromatic N) is 3. The fourth-order valence-corrected chi connectivity index (χ4v) is 4.50. The maximum atomic E-state index is 12.7. The summed E-state index contributed by atoms with van der Waals surface area (Å²) < 4.78 is 1.87. The molecule has 0 bridgehead atoms. The number of imidazole rings is 1. The van der Waals surface area contributed by atoms with E-state index in [1.54, 1.807) is 6.20 Å². The van der Waals surface area contributed by atoms with Gasteiger partial charge in [-0.3, -0.25) is 19.3 Å². The highest BCUT2D eigenvalue weighted by Gasteiger charge is 2.47. The molecule has 1 aliphatic heterocycles. The van der Waals surface area contributed by atoms with Gasteiger partial charge in [0, 0.05) is 32.4 Å². The van der Waals surface area contributed by atoms with E-state index in [4.69, 9.17) is 0 Å². The number of rotatable bonds is 6. The summed E-state index contributed by atoms with van der Waals surface area (Å²) in [7, 11) is 1.88. The summed E-state index contributed by atoms with van der Waals surface area (Å²) in [6.45, 7) is 0.137. The zero-order chi connectivity index (χ0) is 20.4. The van der Waals surface area contributed by atoms with Crippen LogP contribution in [0.2, 0.25) is 0 Å². The first-order chi connectivity index (χ1) is 14.1. The third-order valence-electron chi connectivity index (χ3n) is 6.05. The summed E-state index contributed by atoms with van der Waals surface area (Å²) in [5, 5.41) is 3.02. The summed E-state index contributed by atoms with van der Waals surface area (Å²) in [4.78, 5) is 43.6. The molecule has 0 unspecified atom stereocenters. The Balaban J connectivity index is 1.43. The van der Waals surface area contributed by atoms with Crippen LogP contribution in [0.25, 0.3) is 0 Å². The highest BCUT2D eigenvalue weighted by molar-refractivity contribution is 6.05. The first-order valence-corrected chi connectivity index (χ1v) is 10.2. The van der Waals surface area contributed by atoms with Crippen LogP contribution in [0.5, 0.6) is 0 Å². The lowest BCUT2D eigenvalue weighted by Crippen LogP contribution is -2.37. The minimum absolute atomic E-state index is 0.0880. The number of carbonyl (C=O) groups excluding carboxylic acids is 3. The molecule has 2 aromatic rings. The molecule has 152 valence electrons. The van der Waals surface area contributed by atoms with E-state index in [2.05, 4.69) is 10.3 Å². The summed E-state index contributed by atoms with van der Waals surface area (Å²) in [5.41, 5.74) is 0.925. The molecule has 0 spiro atoms. The molecule has 3 amide bonds. The number of aromatic nitrogens is 2. The average Bonchev–Trinajstić information content (AvgIpc) is 3.27. The van der Waals surface area contributed by atoms with E-state index in [1.807, 2.05) is 48.1 Å². The zero-order valence-electron chi connectivity index (χ0n) is 16.6. The molecule has 0 radical (unpaired) electrons. The largest absolute Gasteiger partial charge is 0.342 e.